The largest absolute Gasteiger partial charge is 0.433 e. The highest BCUT2D eigenvalue weighted by atomic mass is 19.4. The first-order valence-corrected chi connectivity index (χ1v) is 8.96. The molecule has 6 nitrogen and oxygen atoms in total. The van der Waals surface area contributed by atoms with Gasteiger partial charge < -0.3 is 15.1 Å². The highest BCUT2D eigenvalue weighted by molar-refractivity contribution is 5.94. The number of hydrogen-bond acceptors (Lipinski definition) is 5. The van der Waals surface area contributed by atoms with Crippen molar-refractivity contribution in [1.29, 1.82) is 0 Å². The second-order valence-electron chi connectivity index (χ2n) is 6.94. The summed E-state index contributed by atoms with van der Waals surface area (Å²) in [5.74, 6) is 0.108. The van der Waals surface area contributed by atoms with Crippen molar-refractivity contribution in [2.45, 2.75) is 25.1 Å². The summed E-state index contributed by atoms with van der Waals surface area (Å²) in [5.41, 5.74) is 0.670. The molecule has 0 bridgehead atoms. The number of hydrogen-bond donors (Lipinski definition) is 1. The molecule has 150 valence electrons. The van der Waals surface area contributed by atoms with Crippen molar-refractivity contribution in [2.24, 2.45) is 0 Å². The zero-order chi connectivity index (χ0) is 20.3. The van der Waals surface area contributed by atoms with Crippen LogP contribution in [0.5, 0.6) is 0 Å². The van der Waals surface area contributed by atoms with Gasteiger partial charge in [-0.25, -0.2) is 9.97 Å². The van der Waals surface area contributed by atoms with Crippen molar-refractivity contribution in [2.75, 3.05) is 37.4 Å². The summed E-state index contributed by atoms with van der Waals surface area (Å²) in [6, 6.07) is 8.27. The lowest BCUT2D eigenvalue weighted by Gasteiger charge is -2.32. The van der Waals surface area contributed by atoms with Crippen LogP contribution in [0.2, 0.25) is 0 Å². The summed E-state index contributed by atoms with van der Waals surface area (Å²) in [4.78, 5) is 23.5. The van der Waals surface area contributed by atoms with Crippen LogP contribution in [0.15, 0.2) is 36.7 Å². The van der Waals surface area contributed by atoms with Crippen LogP contribution >= 0.6 is 0 Å². The van der Waals surface area contributed by atoms with Crippen molar-refractivity contribution in [3.63, 3.8) is 0 Å². The Morgan fingerprint density at radius 2 is 1.79 bits per heavy atom. The summed E-state index contributed by atoms with van der Waals surface area (Å²) in [6.45, 7) is 1.06. The van der Waals surface area contributed by atoms with Gasteiger partial charge in [0.05, 0.1) is 0 Å². The Hall–Kier alpha value is -2.84. The van der Waals surface area contributed by atoms with E-state index in [1.807, 2.05) is 43.3 Å². The molecule has 3 rings (SSSR count). The van der Waals surface area contributed by atoms with E-state index in [0.29, 0.717) is 31.5 Å². The summed E-state index contributed by atoms with van der Waals surface area (Å²) in [5, 5.41) is 3.02. The standard InChI is InChI=1S/C19H22F3N5O/c1-26(2)15-5-3-13(4-6-15)18(28)27-9-7-14(8-10-27)25-17-11-16(19(20,21)22)23-12-24-17/h3-6,11-12,14H,7-10H2,1-2H3,(H,23,24,25). The number of rotatable bonds is 4. The van der Waals surface area contributed by atoms with Crippen molar-refractivity contribution < 1.29 is 18.0 Å². The quantitative estimate of drug-likeness (QED) is 0.864. The monoisotopic (exact) mass is 393 g/mol. The summed E-state index contributed by atoms with van der Waals surface area (Å²) < 4.78 is 38.3. The van der Waals surface area contributed by atoms with Crippen LogP contribution < -0.4 is 10.2 Å². The molecular weight excluding hydrogens is 371 g/mol. The molecule has 0 atom stereocenters. The molecule has 0 unspecified atom stereocenters. The smallest absolute Gasteiger partial charge is 0.378 e. The van der Waals surface area contributed by atoms with Crippen LogP contribution in [0.4, 0.5) is 24.7 Å². The molecule has 0 saturated carbocycles. The van der Waals surface area contributed by atoms with Gasteiger partial charge in [-0.2, -0.15) is 13.2 Å². The Labute approximate surface area is 161 Å². The number of carbonyl (C=O) groups excluding carboxylic acids is 1. The molecule has 1 saturated heterocycles. The highest BCUT2D eigenvalue weighted by Gasteiger charge is 2.33. The number of amides is 1. The van der Waals surface area contributed by atoms with Gasteiger partial charge in [0.1, 0.15) is 17.8 Å². The molecule has 1 aromatic carbocycles. The van der Waals surface area contributed by atoms with Gasteiger partial charge in [-0.1, -0.05) is 0 Å². The second-order valence-corrected chi connectivity index (χ2v) is 6.94. The minimum Gasteiger partial charge on any atom is -0.378 e. The molecular formula is C19H22F3N5O. The average Bonchev–Trinajstić information content (AvgIpc) is 2.68. The van der Waals surface area contributed by atoms with Gasteiger partial charge in [-0.15, -0.1) is 0 Å². The Kier molecular flexibility index (Phi) is 5.71. The van der Waals surface area contributed by atoms with Crippen LogP contribution in [0.3, 0.4) is 0 Å². The molecule has 1 aliphatic rings. The maximum Gasteiger partial charge on any atom is 0.433 e. The van der Waals surface area contributed by atoms with Crippen LogP contribution in [0.1, 0.15) is 28.9 Å². The molecule has 1 aliphatic heterocycles. The topological polar surface area (TPSA) is 61.4 Å². The van der Waals surface area contributed by atoms with E-state index in [2.05, 4.69) is 15.3 Å². The number of benzene rings is 1. The number of aromatic nitrogens is 2. The van der Waals surface area contributed by atoms with E-state index in [1.165, 1.54) is 0 Å². The number of likely N-dealkylation sites (tertiary alicyclic amines) is 1. The molecule has 0 radical (unpaired) electrons. The predicted octanol–water partition coefficient (Wildman–Crippen LogP) is 3.28. The minimum absolute atomic E-state index is 0.0369. The maximum absolute atomic E-state index is 12.8. The second kappa shape index (κ2) is 8.04. The summed E-state index contributed by atoms with van der Waals surface area (Å²) in [6.07, 6.45) is -2.34. The Morgan fingerprint density at radius 3 is 2.36 bits per heavy atom. The fourth-order valence-corrected chi connectivity index (χ4v) is 3.11. The van der Waals surface area contributed by atoms with Crippen LogP contribution in [0.25, 0.3) is 0 Å². The molecule has 1 N–H and O–H groups in total. The zero-order valence-corrected chi connectivity index (χ0v) is 15.7. The van der Waals surface area contributed by atoms with Gasteiger partial charge in [-0.3, -0.25) is 4.79 Å². The number of nitrogens with one attached hydrogen (secondary N) is 1. The molecule has 2 heterocycles. The van der Waals surface area contributed by atoms with Crippen molar-refractivity contribution in [3.8, 4) is 0 Å². The third-order valence-corrected chi connectivity index (χ3v) is 4.72. The van der Waals surface area contributed by atoms with E-state index in [-0.39, 0.29) is 17.8 Å². The van der Waals surface area contributed by atoms with Crippen LogP contribution in [0, 0.1) is 0 Å². The molecule has 2 aromatic rings. The van der Waals surface area contributed by atoms with E-state index in [9.17, 15) is 18.0 Å². The van der Waals surface area contributed by atoms with Gasteiger partial charge in [0, 0.05) is 50.5 Å². The lowest BCUT2D eigenvalue weighted by atomic mass is 10.0. The molecule has 0 spiro atoms. The highest BCUT2D eigenvalue weighted by Crippen LogP contribution is 2.28. The van der Waals surface area contributed by atoms with E-state index < -0.39 is 11.9 Å². The van der Waals surface area contributed by atoms with Gasteiger partial charge >= 0.3 is 6.18 Å². The zero-order valence-electron chi connectivity index (χ0n) is 15.7. The number of piperidine rings is 1. The molecule has 9 heteroatoms. The lowest BCUT2D eigenvalue weighted by Crippen LogP contribution is -2.42. The third-order valence-electron chi connectivity index (χ3n) is 4.72. The Balaban J connectivity index is 1.56. The van der Waals surface area contributed by atoms with E-state index in [1.54, 1.807) is 4.90 Å². The SMILES string of the molecule is CN(C)c1ccc(C(=O)N2CCC(Nc3cc(C(F)(F)F)ncn3)CC2)cc1. The number of halogens is 3. The Morgan fingerprint density at radius 1 is 1.14 bits per heavy atom. The molecule has 1 amide bonds. The summed E-state index contributed by atoms with van der Waals surface area (Å²) in [7, 11) is 3.87. The minimum atomic E-state index is -4.50. The van der Waals surface area contributed by atoms with E-state index in [4.69, 9.17) is 0 Å². The number of carbonyl (C=O) groups is 1. The normalized spacial score (nSPS) is 15.4. The Bertz CT molecular complexity index is 815. The van der Waals surface area contributed by atoms with E-state index in [0.717, 1.165) is 18.1 Å². The van der Waals surface area contributed by atoms with E-state index >= 15 is 0 Å². The van der Waals surface area contributed by atoms with Gasteiger partial charge in [-0.05, 0) is 37.1 Å². The molecule has 0 aliphatic carbocycles. The number of nitrogens with zero attached hydrogens (tertiary/aromatic N) is 4. The van der Waals surface area contributed by atoms with Crippen molar-refractivity contribution >= 4 is 17.4 Å². The molecule has 1 aromatic heterocycles. The summed E-state index contributed by atoms with van der Waals surface area (Å²) >= 11 is 0. The first-order valence-electron chi connectivity index (χ1n) is 8.96. The van der Waals surface area contributed by atoms with Gasteiger partial charge in [0.25, 0.3) is 5.91 Å². The van der Waals surface area contributed by atoms with Crippen molar-refractivity contribution in [1.82, 2.24) is 14.9 Å². The first-order chi connectivity index (χ1) is 13.2. The lowest BCUT2D eigenvalue weighted by molar-refractivity contribution is -0.141. The van der Waals surface area contributed by atoms with Crippen molar-refractivity contribution in [3.05, 3.63) is 47.9 Å². The van der Waals surface area contributed by atoms with Gasteiger partial charge in [0.2, 0.25) is 0 Å². The van der Waals surface area contributed by atoms with Crippen LogP contribution in [-0.2, 0) is 6.18 Å². The number of anilines is 2. The van der Waals surface area contributed by atoms with Gasteiger partial charge in [0.15, 0.2) is 0 Å². The maximum atomic E-state index is 12.8. The third kappa shape index (κ3) is 4.71. The molecule has 1 fully saturated rings. The van der Waals surface area contributed by atoms with Crippen LogP contribution in [-0.4, -0.2) is 54.0 Å². The fourth-order valence-electron chi connectivity index (χ4n) is 3.11. The number of alkyl halides is 3. The average molecular weight is 393 g/mol. The first kappa shape index (κ1) is 19.9. The predicted molar refractivity (Wildman–Crippen MR) is 100 cm³/mol. The molecule has 28 heavy (non-hydrogen) atoms. The fraction of sp³-hybridized carbons (Fsp3) is 0.421.